The molecule has 0 aromatic heterocycles. The Morgan fingerprint density at radius 1 is 1.27 bits per heavy atom. The average Bonchev–Trinajstić information content (AvgIpc) is 2.65. The molecule has 1 heterocycles. The highest BCUT2D eigenvalue weighted by Gasteiger charge is 2.30. The van der Waals surface area contributed by atoms with Crippen molar-refractivity contribution in [2.45, 2.75) is 45.8 Å². The first-order valence-corrected chi connectivity index (χ1v) is 10.9. The predicted molar refractivity (Wildman–Crippen MR) is 102 cm³/mol. The van der Waals surface area contributed by atoms with E-state index in [1.54, 1.807) is 11.4 Å². The number of nitrogens with one attached hydrogen (secondary N) is 1. The maximum atomic E-state index is 12.4. The lowest BCUT2D eigenvalue weighted by molar-refractivity contribution is -0.126. The number of methoxy groups -OCH3 is 1. The molecule has 1 fully saturated rings. The molecule has 6 nitrogen and oxygen atoms in total. The fourth-order valence-corrected chi connectivity index (χ4v) is 4.86. The fraction of sp³-hybridized carbons (Fsp3) is 0.632. The Labute approximate surface area is 157 Å². The SMILES string of the molecule is CCCCS(=O)(=O)N1CCC(C(=O)NCc2cccc(COC)c2)CC1. The molecule has 0 aliphatic carbocycles. The van der Waals surface area contributed by atoms with Crippen LogP contribution in [0.4, 0.5) is 0 Å². The molecule has 0 unspecified atom stereocenters. The number of carbonyl (C=O) groups excluding carboxylic acids is 1. The van der Waals surface area contributed by atoms with Crippen molar-refractivity contribution < 1.29 is 17.9 Å². The molecule has 26 heavy (non-hydrogen) atoms. The van der Waals surface area contributed by atoms with E-state index < -0.39 is 10.0 Å². The molecule has 0 atom stereocenters. The fourth-order valence-electron chi connectivity index (χ4n) is 3.18. The first kappa shape index (κ1) is 20.9. The third-order valence-electron chi connectivity index (χ3n) is 4.74. The number of carbonyl (C=O) groups is 1. The number of unbranched alkanes of at least 4 members (excludes halogenated alkanes) is 1. The van der Waals surface area contributed by atoms with E-state index in [-0.39, 0.29) is 17.6 Å². The van der Waals surface area contributed by atoms with Crippen LogP contribution < -0.4 is 5.32 Å². The monoisotopic (exact) mass is 382 g/mol. The number of piperidine rings is 1. The number of hydrogen-bond donors (Lipinski definition) is 1. The standard InChI is InChI=1S/C19H30N2O4S/c1-3-4-12-26(23,24)21-10-8-18(9-11-21)19(22)20-14-16-6-5-7-17(13-16)15-25-2/h5-7,13,18H,3-4,8-12,14-15H2,1-2H3,(H,20,22). The van der Waals surface area contributed by atoms with Crippen LogP contribution in [-0.2, 0) is 32.7 Å². The van der Waals surface area contributed by atoms with Gasteiger partial charge >= 0.3 is 0 Å². The second-order valence-electron chi connectivity index (χ2n) is 6.81. The number of rotatable bonds is 9. The Hall–Kier alpha value is -1.44. The summed E-state index contributed by atoms with van der Waals surface area (Å²) >= 11 is 0. The van der Waals surface area contributed by atoms with E-state index in [0.717, 1.165) is 17.5 Å². The van der Waals surface area contributed by atoms with Crippen molar-refractivity contribution in [3.8, 4) is 0 Å². The van der Waals surface area contributed by atoms with Crippen LogP contribution >= 0.6 is 0 Å². The summed E-state index contributed by atoms with van der Waals surface area (Å²) in [5.74, 6) is 0.0978. The highest BCUT2D eigenvalue weighted by Crippen LogP contribution is 2.21. The molecule has 1 amide bonds. The van der Waals surface area contributed by atoms with Crippen molar-refractivity contribution >= 4 is 15.9 Å². The summed E-state index contributed by atoms with van der Waals surface area (Å²) in [4.78, 5) is 12.4. The lowest BCUT2D eigenvalue weighted by Gasteiger charge is -2.30. The summed E-state index contributed by atoms with van der Waals surface area (Å²) in [5, 5.41) is 2.98. The second kappa shape index (κ2) is 10.0. The maximum Gasteiger partial charge on any atom is 0.223 e. The van der Waals surface area contributed by atoms with Gasteiger partial charge in [0.25, 0.3) is 0 Å². The van der Waals surface area contributed by atoms with Crippen molar-refractivity contribution in [2.75, 3.05) is 26.0 Å². The van der Waals surface area contributed by atoms with Gasteiger partial charge in [0.1, 0.15) is 0 Å². The molecular formula is C19H30N2O4S. The van der Waals surface area contributed by atoms with Crippen LogP contribution in [0.15, 0.2) is 24.3 Å². The van der Waals surface area contributed by atoms with E-state index in [2.05, 4.69) is 5.32 Å². The van der Waals surface area contributed by atoms with Gasteiger partial charge in [-0.25, -0.2) is 12.7 Å². The van der Waals surface area contributed by atoms with Gasteiger partial charge < -0.3 is 10.1 Å². The average molecular weight is 383 g/mol. The van der Waals surface area contributed by atoms with Gasteiger partial charge in [-0.3, -0.25) is 4.79 Å². The molecule has 1 aliphatic rings. The largest absolute Gasteiger partial charge is 0.380 e. The van der Waals surface area contributed by atoms with Gasteiger partial charge in [0, 0.05) is 32.7 Å². The minimum absolute atomic E-state index is 0.00718. The number of hydrogen-bond acceptors (Lipinski definition) is 4. The molecule has 1 N–H and O–H groups in total. The maximum absolute atomic E-state index is 12.4. The molecule has 1 saturated heterocycles. The number of sulfonamides is 1. The molecule has 1 aromatic rings. The zero-order chi connectivity index (χ0) is 19.0. The molecule has 0 spiro atoms. The lowest BCUT2D eigenvalue weighted by Crippen LogP contribution is -2.43. The first-order valence-electron chi connectivity index (χ1n) is 9.28. The predicted octanol–water partition coefficient (Wildman–Crippen LogP) is 2.29. The first-order chi connectivity index (χ1) is 12.5. The molecule has 0 radical (unpaired) electrons. The minimum Gasteiger partial charge on any atom is -0.380 e. The summed E-state index contributed by atoms with van der Waals surface area (Å²) < 4.78 is 31.1. The van der Waals surface area contributed by atoms with Crippen molar-refractivity contribution in [1.82, 2.24) is 9.62 Å². The van der Waals surface area contributed by atoms with E-state index in [4.69, 9.17) is 4.74 Å². The van der Waals surface area contributed by atoms with Crippen molar-refractivity contribution in [3.63, 3.8) is 0 Å². The van der Waals surface area contributed by atoms with E-state index in [9.17, 15) is 13.2 Å². The van der Waals surface area contributed by atoms with Gasteiger partial charge in [-0.05, 0) is 30.4 Å². The summed E-state index contributed by atoms with van der Waals surface area (Å²) in [5.41, 5.74) is 2.11. The number of nitrogens with zero attached hydrogens (tertiary/aromatic N) is 1. The Kier molecular flexibility index (Phi) is 8.06. The number of benzene rings is 1. The van der Waals surface area contributed by atoms with Crippen LogP contribution in [0, 0.1) is 5.92 Å². The van der Waals surface area contributed by atoms with Crippen LogP contribution in [0.1, 0.15) is 43.7 Å². The van der Waals surface area contributed by atoms with E-state index in [1.807, 2.05) is 31.2 Å². The van der Waals surface area contributed by atoms with Gasteiger partial charge in [-0.1, -0.05) is 37.6 Å². The molecule has 2 rings (SSSR count). The Balaban J connectivity index is 1.80. The zero-order valence-electron chi connectivity index (χ0n) is 15.7. The molecule has 7 heteroatoms. The van der Waals surface area contributed by atoms with Crippen LogP contribution in [0.3, 0.4) is 0 Å². The van der Waals surface area contributed by atoms with Crippen molar-refractivity contribution in [3.05, 3.63) is 35.4 Å². The quantitative estimate of drug-likeness (QED) is 0.711. The van der Waals surface area contributed by atoms with E-state index >= 15 is 0 Å². The zero-order valence-corrected chi connectivity index (χ0v) is 16.6. The summed E-state index contributed by atoms with van der Waals surface area (Å²) in [6.07, 6.45) is 2.72. The highest BCUT2D eigenvalue weighted by atomic mass is 32.2. The van der Waals surface area contributed by atoms with Crippen LogP contribution in [0.5, 0.6) is 0 Å². The third-order valence-corrected chi connectivity index (χ3v) is 6.70. The van der Waals surface area contributed by atoms with Crippen LogP contribution in [0.25, 0.3) is 0 Å². The Morgan fingerprint density at radius 2 is 1.96 bits per heavy atom. The molecule has 0 saturated carbocycles. The highest BCUT2D eigenvalue weighted by molar-refractivity contribution is 7.89. The van der Waals surface area contributed by atoms with Gasteiger partial charge in [0.2, 0.25) is 15.9 Å². The minimum atomic E-state index is -3.17. The van der Waals surface area contributed by atoms with E-state index in [1.165, 1.54) is 0 Å². The summed E-state index contributed by atoms with van der Waals surface area (Å²) in [7, 11) is -1.51. The van der Waals surface area contributed by atoms with Crippen molar-refractivity contribution in [2.24, 2.45) is 5.92 Å². The topological polar surface area (TPSA) is 75.7 Å². The van der Waals surface area contributed by atoms with Gasteiger partial charge in [-0.15, -0.1) is 0 Å². The number of ether oxygens (including phenoxy) is 1. The molecule has 1 aromatic carbocycles. The summed E-state index contributed by atoms with van der Waals surface area (Å²) in [6.45, 7) is 3.89. The van der Waals surface area contributed by atoms with Crippen molar-refractivity contribution in [1.29, 1.82) is 0 Å². The molecule has 1 aliphatic heterocycles. The Bertz CT molecular complexity index is 683. The Morgan fingerprint density at radius 3 is 2.62 bits per heavy atom. The smallest absolute Gasteiger partial charge is 0.223 e. The van der Waals surface area contributed by atoms with Gasteiger partial charge in [0.05, 0.1) is 12.4 Å². The normalized spacial score (nSPS) is 16.5. The molecular weight excluding hydrogens is 352 g/mol. The molecule has 0 bridgehead atoms. The lowest BCUT2D eigenvalue weighted by atomic mass is 9.97. The summed E-state index contributed by atoms with van der Waals surface area (Å²) in [6, 6.07) is 7.94. The van der Waals surface area contributed by atoms with Crippen LogP contribution in [0.2, 0.25) is 0 Å². The number of amides is 1. The second-order valence-corrected chi connectivity index (χ2v) is 8.90. The molecule has 146 valence electrons. The van der Waals surface area contributed by atoms with E-state index in [0.29, 0.717) is 45.5 Å². The van der Waals surface area contributed by atoms with Gasteiger partial charge in [-0.2, -0.15) is 0 Å². The van der Waals surface area contributed by atoms with Gasteiger partial charge in [0.15, 0.2) is 0 Å². The third kappa shape index (κ3) is 6.07. The van der Waals surface area contributed by atoms with Crippen LogP contribution in [-0.4, -0.2) is 44.6 Å².